The van der Waals surface area contributed by atoms with Gasteiger partial charge in [-0.05, 0) is 17.7 Å². The van der Waals surface area contributed by atoms with Crippen LogP contribution in [0.25, 0.3) is 0 Å². The predicted octanol–water partition coefficient (Wildman–Crippen LogP) is 3.53. The Morgan fingerprint density at radius 1 is 1.17 bits per heavy atom. The van der Waals surface area contributed by atoms with E-state index in [0.29, 0.717) is 0 Å². The molecule has 0 saturated carbocycles. The molecule has 0 aliphatic heterocycles. The van der Waals surface area contributed by atoms with Crippen molar-refractivity contribution in [1.82, 2.24) is 9.55 Å². The van der Waals surface area contributed by atoms with Crippen molar-refractivity contribution in [2.24, 2.45) is 7.05 Å². The van der Waals surface area contributed by atoms with Gasteiger partial charge in [0.25, 0.3) is 5.69 Å². The van der Waals surface area contributed by atoms with Gasteiger partial charge in [0.05, 0.1) is 4.92 Å². The number of non-ortho nitro benzene ring substituents is 1. The van der Waals surface area contributed by atoms with E-state index in [0.717, 1.165) is 17.1 Å². The highest BCUT2D eigenvalue weighted by molar-refractivity contribution is 5.49. The normalized spacial score (nSPS) is 11.9. The number of hydrogen-bond acceptors (Lipinski definition) is 4. The second-order valence-corrected chi connectivity index (χ2v) is 5.19. The smallest absolute Gasteiger partial charge is 0.269 e. The SMILES string of the molecule is Cn1ccnc1C(Nc1ccccc1)c1cccc([N+](=O)[O-])c1. The lowest BCUT2D eigenvalue weighted by atomic mass is 10.0. The molecule has 3 aromatic rings. The van der Waals surface area contributed by atoms with Gasteiger partial charge in [-0.2, -0.15) is 0 Å². The molecular formula is C17H16N4O2. The van der Waals surface area contributed by atoms with E-state index in [-0.39, 0.29) is 16.7 Å². The highest BCUT2D eigenvalue weighted by Gasteiger charge is 2.20. The molecule has 1 atom stereocenters. The molecule has 1 N–H and O–H groups in total. The van der Waals surface area contributed by atoms with Crippen LogP contribution in [0.15, 0.2) is 67.0 Å². The van der Waals surface area contributed by atoms with Gasteiger partial charge >= 0.3 is 0 Å². The van der Waals surface area contributed by atoms with Gasteiger partial charge < -0.3 is 9.88 Å². The molecule has 1 aromatic heterocycles. The molecule has 0 amide bonds. The van der Waals surface area contributed by atoms with E-state index < -0.39 is 0 Å². The van der Waals surface area contributed by atoms with Crippen LogP contribution in [0.1, 0.15) is 17.4 Å². The van der Waals surface area contributed by atoms with Crippen LogP contribution in [0.2, 0.25) is 0 Å². The largest absolute Gasteiger partial charge is 0.372 e. The summed E-state index contributed by atoms with van der Waals surface area (Å²) in [6.45, 7) is 0. The molecule has 23 heavy (non-hydrogen) atoms. The van der Waals surface area contributed by atoms with Crippen LogP contribution in [0.4, 0.5) is 11.4 Å². The summed E-state index contributed by atoms with van der Waals surface area (Å²) in [5, 5.41) is 14.5. The van der Waals surface area contributed by atoms with Crippen LogP contribution in [0.3, 0.4) is 0 Å². The van der Waals surface area contributed by atoms with E-state index in [1.165, 1.54) is 6.07 Å². The monoisotopic (exact) mass is 308 g/mol. The standard InChI is InChI=1S/C17H16N4O2/c1-20-11-10-18-17(20)16(19-14-7-3-2-4-8-14)13-6-5-9-15(12-13)21(22)23/h2-12,16,19H,1H3. The van der Waals surface area contributed by atoms with Crippen LogP contribution in [-0.2, 0) is 7.05 Å². The number of para-hydroxylation sites is 1. The van der Waals surface area contributed by atoms with Crippen molar-refractivity contribution in [2.75, 3.05) is 5.32 Å². The van der Waals surface area contributed by atoms with E-state index >= 15 is 0 Å². The minimum absolute atomic E-state index is 0.0663. The third-order valence-corrected chi connectivity index (χ3v) is 3.62. The number of aromatic nitrogens is 2. The van der Waals surface area contributed by atoms with E-state index in [1.807, 2.05) is 54.2 Å². The molecule has 0 aliphatic rings. The van der Waals surface area contributed by atoms with Crippen LogP contribution in [-0.4, -0.2) is 14.5 Å². The molecule has 0 spiro atoms. The summed E-state index contributed by atoms with van der Waals surface area (Å²) in [6.07, 6.45) is 3.57. The fourth-order valence-corrected chi connectivity index (χ4v) is 2.47. The molecule has 3 rings (SSSR count). The van der Waals surface area contributed by atoms with Crippen LogP contribution in [0.5, 0.6) is 0 Å². The average Bonchev–Trinajstić information content (AvgIpc) is 2.99. The van der Waals surface area contributed by atoms with Crippen molar-refractivity contribution in [3.63, 3.8) is 0 Å². The first-order valence-electron chi connectivity index (χ1n) is 7.18. The van der Waals surface area contributed by atoms with E-state index in [2.05, 4.69) is 10.3 Å². The molecule has 0 aliphatic carbocycles. The molecular weight excluding hydrogens is 292 g/mol. The number of aryl methyl sites for hydroxylation is 1. The number of nitro groups is 1. The third-order valence-electron chi connectivity index (χ3n) is 3.62. The zero-order chi connectivity index (χ0) is 16.2. The Hall–Kier alpha value is -3.15. The Morgan fingerprint density at radius 2 is 1.96 bits per heavy atom. The van der Waals surface area contributed by atoms with Gasteiger partial charge in [0, 0.05) is 37.3 Å². The number of nitro benzene ring substituents is 1. The van der Waals surface area contributed by atoms with Gasteiger partial charge in [-0.25, -0.2) is 4.98 Å². The van der Waals surface area contributed by atoms with Crippen LogP contribution in [0, 0.1) is 10.1 Å². The second kappa shape index (κ2) is 6.31. The maximum atomic E-state index is 11.1. The summed E-state index contributed by atoms with van der Waals surface area (Å²) in [6, 6.07) is 16.1. The lowest BCUT2D eigenvalue weighted by Crippen LogP contribution is -2.16. The Balaban J connectivity index is 2.03. The van der Waals surface area contributed by atoms with Crippen molar-refractivity contribution >= 4 is 11.4 Å². The highest BCUT2D eigenvalue weighted by Crippen LogP contribution is 2.27. The average molecular weight is 308 g/mol. The van der Waals surface area contributed by atoms with Crippen molar-refractivity contribution in [3.8, 4) is 0 Å². The molecule has 1 heterocycles. The summed E-state index contributed by atoms with van der Waals surface area (Å²) >= 11 is 0. The fourth-order valence-electron chi connectivity index (χ4n) is 2.47. The molecule has 6 heteroatoms. The summed E-state index contributed by atoms with van der Waals surface area (Å²) < 4.78 is 1.90. The summed E-state index contributed by atoms with van der Waals surface area (Å²) in [4.78, 5) is 15.1. The third kappa shape index (κ3) is 3.21. The first kappa shape index (κ1) is 14.8. The fraction of sp³-hybridized carbons (Fsp3) is 0.118. The van der Waals surface area contributed by atoms with E-state index in [9.17, 15) is 10.1 Å². The first-order chi connectivity index (χ1) is 11.1. The van der Waals surface area contributed by atoms with Crippen molar-refractivity contribution in [1.29, 1.82) is 0 Å². The molecule has 0 saturated heterocycles. The number of hydrogen-bond donors (Lipinski definition) is 1. The van der Waals surface area contributed by atoms with Crippen molar-refractivity contribution in [3.05, 3.63) is 88.5 Å². The van der Waals surface area contributed by atoms with E-state index in [1.54, 1.807) is 18.3 Å². The number of rotatable bonds is 5. The quantitative estimate of drug-likeness (QED) is 0.578. The summed E-state index contributed by atoms with van der Waals surface area (Å²) in [5.41, 5.74) is 1.78. The van der Waals surface area contributed by atoms with Crippen LogP contribution >= 0.6 is 0 Å². The Kier molecular flexibility index (Phi) is 4.05. The molecule has 2 aromatic carbocycles. The zero-order valence-electron chi connectivity index (χ0n) is 12.6. The maximum Gasteiger partial charge on any atom is 0.269 e. The number of benzene rings is 2. The first-order valence-corrected chi connectivity index (χ1v) is 7.18. The lowest BCUT2D eigenvalue weighted by molar-refractivity contribution is -0.384. The number of anilines is 1. The van der Waals surface area contributed by atoms with Crippen LogP contribution < -0.4 is 5.32 Å². The zero-order valence-corrected chi connectivity index (χ0v) is 12.6. The Bertz CT molecular complexity index is 814. The minimum Gasteiger partial charge on any atom is -0.372 e. The number of imidazole rings is 1. The molecule has 6 nitrogen and oxygen atoms in total. The van der Waals surface area contributed by atoms with Gasteiger partial charge in [-0.15, -0.1) is 0 Å². The summed E-state index contributed by atoms with van der Waals surface area (Å²) in [7, 11) is 1.90. The topological polar surface area (TPSA) is 73.0 Å². The molecule has 1 unspecified atom stereocenters. The maximum absolute atomic E-state index is 11.1. The lowest BCUT2D eigenvalue weighted by Gasteiger charge is -2.20. The molecule has 116 valence electrons. The van der Waals surface area contributed by atoms with Crippen molar-refractivity contribution in [2.45, 2.75) is 6.04 Å². The Labute approximate surface area is 133 Å². The molecule has 0 bridgehead atoms. The van der Waals surface area contributed by atoms with E-state index in [4.69, 9.17) is 0 Å². The Morgan fingerprint density at radius 3 is 2.61 bits per heavy atom. The molecule has 0 fully saturated rings. The van der Waals surface area contributed by atoms with Gasteiger partial charge in [-0.3, -0.25) is 10.1 Å². The van der Waals surface area contributed by atoms with Crippen molar-refractivity contribution < 1.29 is 4.92 Å². The summed E-state index contributed by atoms with van der Waals surface area (Å²) in [5.74, 6) is 0.786. The van der Waals surface area contributed by atoms with Gasteiger partial charge in [0.1, 0.15) is 11.9 Å². The number of nitrogens with zero attached hydrogens (tertiary/aromatic N) is 3. The predicted molar refractivity (Wildman–Crippen MR) is 88.2 cm³/mol. The van der Waals surface area contributed by atoms with Gasteiger partial charge in [0.2, 0.25) is 0 Å². The minimum atomic E-state index is -0.387. The second-order valence-electron chi connectivity index (χ2n) is 5.19. The highest BCUT2D eigenvalue weighted by atomic mass is 16.6. The molecule has 0 radical (unpaired) electrons. The van der Waals surface area contributed by atoms with Gasteiger partial charge in [-0.1, -0.05) is 30.3 Å². The number of nitrogens with one attached hydrogen (secondary N) is 1. The van der Waals surface area contributed by atoms with Gasteiger partial charge in [0.15, 0.2) is 0 Å².